The molecule has 1 rings (SSSR count). The van der Waals surface area contributed by atoms with Crippen molar-refractivity contribution in [2.75, 3.05) is 0 Å². The molecule has 96 valence electrons. The largest absolute Gasteiger partial charge is 0.481 e. The van der Waals surface area contributed by atoms with E-state index in [1.54, 1.807) is 0 Å². The van der Waals surface area contributed by atoms with Gasteiger partial charge in [-0.2, -0.15) is 5.10 Å². The van der Waals surface area contributed by atoms with E-state index in [0.29, 0.717) is 6.42 Å². The third-order valence-corrected chi connectivity index (χ3v) is 2.76. The summed E-state index contributed by atoms with van der Waals surface area (Å²) in [7, 11) is 1.91. The van der Waals surface area contributed by atoms with E-state index in [2.05, 4.69) is 17.3 Å². The van der Waals surface area contributed by atoms with Gasteiger partial charge in [0.2, 0.25) is 0 Å². The number of rotatable bonds is 7. The van der Waals surface area contributed by atoms with Crippen molar-refractivity contribution >= 4 is 5.97 Å². The number of hydrogen-bond donors (Lipinski definition) is 2. The zero-order valence-electron chi connectivity index (χ0n) is 10.7. The SMILES string of the molecule is CCc1nn(C)cc1CNC(C)CCC(=O)O. The molecule has 0 aromatic carbocycles. The Morgan fingerprint density at radius 1 is 1.65 bits per heavy atom. The molecule has 0 saturated heterocycles. The molecule has 1 aromatic heterocycles. The Balaban J connectivity index is 2.41. The van der Waals surface area contributed by atoms with Crippen LogP contribution in [0.1, 0.15) is 37.9 Å². The monoisotopic (exact) mass is 239 g/mol. The van der Waals surface area contributed by atoms with Gasteiger partial charge in [0.25, 0.3) is 0 Å². The van der Waals surface area contributed by atoms with Crippen molar-refractivity contribution in [2.24, 2.45) is 7.05 Å². The van der Waals surface area contributed by atoms with Crippen molar-refractivity contribution in [3.05, 3.63) is 17.5 Å². The van der Waals surface area contributed by atoms with Gasteiger partial charge < -0.3 is 10.4 Å². The molecule has 2 N–H and O–H groups in total. The molecule has 1 aromatic rings. The fraction of sp³-hybridized carbons (Fsp3) is 0.667. The van der Waals surface area contributed by atoms with Crippen molar-refractivity contribution in [2.45, 2.75) is 45.7 Å². The van der Waals surface area contributed by atoms with Crippen LogP contribution < -0.4 is 5.32 Å². The number of aromatic nitrogens is 2. The minimum absolute atomic E-state index is 0.205. The van der Waals surface area contributed by atoms with E-state index in [4.69, 9.17) is 5.11 Å². The van der Waals surface area contributed by atoms with Crippen LogP contribution in [0.2, 0.25) is 0 Å². The van der Waals surface area contributed by atoms with Crippen molar-refractivity contribution in [3.8, 4) is 0 Å². The minimum atomic E-state index is -0.741. The van der Waals surface area contributed by atoms with E-state index in [1.807, 2.05) is 24.9 Å². The van der Waals surface area contributed by atoms with Crippen LogP contribution >= 0.6 is 0 Å². The molecule has 0 saturated carbocycles. The molecule has 0 fully saturated rings. The third kappa shape index (κ3) is 4.56. The molecule has 0 amide bonds. The molecule has 0 aliphatic heterocycles. The highest BCUT2D eigenvalue weighted by atomic mass is 16.4. The second kappa shape index (κ2) is 6.39. The van der Waals surface area contributed by atoms with Gasteiger partial charge >= 0.3 is 5.97 Å². The molecule has 1 atom stereocenters. The molecule has 5 nitrogen and oxygen atoms in total. The first-order valence-electron chi connectivity index (χ1n) is 5.99. The summed E-state index contributed by atoms with van der Waals surface area (Å²) in [5.74, 6) is -0.741. The van der Waals surface area contributed by atoms with Crippen LogP contribution in [0, 0.1) is 0 Å². The van der Waals surface area contributed by atoms with Crippen molar-refractivity contribution in [1.82, 2.24) is 15.1 Å². The zero-order chi connectivity index (χ0) is 12.8. The Morgan fingerprint density at radius 2 is 2.35 bits per heavy atom. The quantitative estimate of drug-likeness (QED) is 0.753. The predicted molar refractivity (Wildman–Crippen MR) is 65.8 cm³/mol. The summed E-state index contributed by atoms with van der Waals surface area (Å²) >= 11 is 0. The molecule has 1 unspecified atom stereocenters. The number of aliphatic carboxylic acids is 1. The van der Waals surface area contributed by atoms with E-state index in [-0.39, 0.29) is 12.5 Å². The fourth-order valence-electron chi connectivity index (χ4n) is 1.76. The summed E-state index contributed by atoms with van der Waals surface area (Å²) in [6, 6.07) is 0.205. The van der Waals surface area contributed by atoms with Crippen LogP contribution in [-0.4, -0.2) is 26.9 Å². The molecular weight excluding hydrogens is 218 g/mol. The van der Waals surface area contributed by atoms with Crippen LogP contribution in [0.5, 0.6) is 0 Å². The lowest BCUT2D eigenvalue weighted by Gasteiger charge is -2.12. The first-order valence-corrected chi connectivity index (χ1v) is 5.99. The first-order chi connectivity index (χ1) is 8.02. The Labute approximate surface area is 102 Å². The van der Waals surface area contributed by atoms with E-state index in [0.717, 1.165) is 18.7 Å². The average molecular weight is 239 g/mol. The summed E-state index contributed by atoms with van der Waals surface area (Å²) in [5, 5.41) is 16.3. The van der Waals surface area contributed by atoms with Gasteiger partial charge in [0.1, 0.15) is 0 Å². The topological polar surface area (TPSA) is 67.2 Å². The van der Waals surface area contributed by atoms with Crippen LogP contribution in [0.4, 0.5) is 0 Å². The second-order valence-electron chi connectivity index (χ2n) is 4.34. The van der Waals surface area contributed by atoms with Crippen LogP contribution in [0.15, 0.2) is 6.20 Å². The van der Waals surface area contributed by atoms with Crippen molar-refractivity contribution < 1.29 is 9.90 Å². The number of carboxylic acid groups (broad SMARTS) is 1. The highest BCUT2D eigenvalue weighted by Crippen LogP contribution is 2.07. The Hall–Kier alpha value is -1.36. The number of carbonyl (C=O) groups is 1. The van der Waals surface area contributed by atoms with Gasteiger partial charge in [-0.3, -0.25) is 9.48 Å². The van der Waals surface area contributed by atoms with Gasteiger partial charge in [-0.05, 0) is 19.8 Å². The van der Waals surface area contributed by atoms with Gasteiger partial charge in [-0.15, -0.1) is 0 Å². The van der Waals surface area contributed by atoms with Gasteiger partial charge in [0, 0.05) is 37.8 Å². The van der Waals surface area contributed by atoms with Crippen LogP contribution in [0.25, 0.3) is 0 Å². The number of carboxylic acids is 1. The predicted octanol–water partition coefficient (Wildman–Crippen LogP) is 1.33. The van der Waals surface area contributed by atoms with E-state index >= 15 is 0 Å². The van der Waals surface area contributed by atoms with E-state index in [9.17, 15) is 4.79 Å². The van der Waals surface area contributed by atoms with Gasteiger partial charge in [0.15, 0.2) is 0 Å². The molecular formula is C12H21N3O2. The highest BCUT2D eigenvalue weighted by Gasteiger charge is 2.08. The number of hydrogen-bond acceptors (Lipinski definition) is 3. The number of nitrogens with zero attached hydrogens (tertiary/aromatic N) is 2. The lowest BCUT2D eigenvalue weighted by Crippen LogP contribution is -2.26. The number of aryl methyl sites for hydroxylation is 2. The maximum atomic E-state index is 10.4. The lowest BCUT2D eigenvalue weighted by atomic mass is 10.1. The molecule has 1 heterocycles. The Bertz CT molecular complexity index is 374. The lowest BCUT2D eigenvalue weighted by molar-refractivity contribution is -0.137. The standard InChI is InChI=1S/C12H21N3O2/c1-4-11-10(8-15(3)14-11)7-13-9(2)5-6-12(16)17/h8-9,13H,4-7H2,1-3H3,(H,16,17). The molecule has 0 radical (unpaired) electrons. The molecule has 0 aliphatic carbocycles. The minimum Gasteiger partial charge on any atom is -0.481 e. The average Bonchev–Trinajstić information content (AvgIpc) is 2.64. The molecule has 17 heavy (non-hydrogen) atoms. The highest BCUT2D eigenvalue weighted by molar-refractivity contribution is 5.66. The van der Waals surface area contributed by atoms with Gasteiger partial charge in [-0.1, -0.05) is 6.92 Å². The summed E-state index contributed by atoms with van der Waals surface area (Å²) in [6.45, 7) is 4.84. The van der Waals surface area contributed by atoms with E-state index in [1.165, 1.54) is 5.56 Å². The Kier molecular flexibility index (Phi) is 5.15. The molecule has 5 heteroatoms. The zero-order valence-corrected chi connectivity index (χ0v) is 10.7. The third-order valence-electron chi connectivity index (χ3n) is 2.76. The van der Waals surface area contributed by atoms with Crippen LogP contribution in [0.3, 0.4) is 0 Å². The normalized spacial score (nSPS) is 12.6. The summed E-state index contributed by atoms with van der Waals surface area (Å²) in [6.07, 6.45) is 3.79. The second-order valence-corrected chi connectivity index (χ2v) is 4.34. The van der Waals surface area contributed by atoms with Crippen molar-refractivity contribution in [1.29, 1.82) is 0 Å². The smallest absolute Gasteiger partial charge is 0.303 e. The maximum absolute atomic E-state index is 10.4. The van der Waals surface area contributed by atoms with E-state index < -0.39 is 5.97 Å². The maximum Gasteiger partial charge on any atom is 0.303 e. The summed E-state index contributed by atoms with van der Waals surface area (Å²) < 4.78 is 1.82. The summed E-state index contributed by atoms with van der Waals surface area (Å²) in [5.41, 5.74) is 2.29. The Morgan fingerprint density at radius 3 is 2.94 bits per heavy atom. The first kappa shape index (κ1) is 13.7. The fourth-order valence-corrected chi connectivity index (χ4v) is 1.76. The molecule has 0 aliphatic rings. The van der Waals surface area contributed by atoms with Crippen LogP contribution in [-0.2, 0) is 24.8 Å². The molecule has 0 spiro atoms. The van der Waals surface area contributed by atoms with Crippen molar-refractivity contribution in [3.63, 3.8) is 0 Å². The summed E-state index contributed by atoms with van der Waals surface area (Å²) in [4.78, 5) is 10.4. The van der Waals surface area contributed by atoms with Gasteiger partial charge in [-0.25, -0.2) is 0 Å². The van der Waals surface area contributed by atoms with Gasteiger partial charge in [0.05, 0.1) is 5.69 Å². The number of nitrogens with one attached hydrogen (secondary N) is 1. The molecule has 0 bridgehead atoms.